The van der Waals surface area contributed by atoms with Crippen LogP contribution in [-0.2, 0) is 9.59 Å². The topological polar surface area (TPSA) is 57.6 Å². The lowest BCUT2D eigenvalue weighted by atomic mass is 9.82. The third kappa shape index (κ3) is 2.53. The monoisotopic (exact) mass is 265 g/mol. The van der Waals surface area contributed by atoms with Crippen molar-refractivity contribution >= 4 is 11.9 Å². The van der Waals surface area contributed by atoms with E-state index in [2.05, 4.69) is 13.8 Å². The molecule has 19 heavy (non-hydrogen) atoms. The summed E-state index contributed by atoms with van der Waals surface area (Å²) >= 11 is 0. The van der Waals surface area contributed by atoms with E-state index in [9.17, 15) is 14.7 Å². The molecule has 0 saturated heterocycles. The Labute approximate surface area is 114 Å². The molecule has 0 aromatic heterocycles. The quantitative estimate of drug-likeness (QED) is 0.774. The van der Waals surface area contributed by atoms with Gasteiger partial charge in [-0.2, -0.15) is 0 Å². The molecule has 5 unspecified atom stereocenters. The number of carbonyl (C=O) groups excluding carboxylic acids is 1. The van der Waals surface area contributed by atoms with Gasteiger partial charge in [-0.15, -0.1) is 0 Å². The van der Waals surface area contributed by atoms with E-state index in [0.29, 0.717) is 12.5 Å². The summed E-state index contributed by atoms with van der Waals surface area (Å²) in [7, 11) is 1.79. The van der Waals surface area contributed by atoms with Crippen LogP contribution in [0.15, 0.2) is 12.2 Å². The van der Waals surface area contributed by atoms with Gasteiger partial charge in [-0.25, -0.2) is 0 Å². The molecule has 0 aliphatic heterocycles. The smallest absolute Gasteiger partial charge is 0.307 e. The minimum absolute atomic E-state index is 0.00421. The Hall–Kier alpha value is -1.32. The van der Waals surface area contributed by atoms with Crippen LogP contribution in [0, 0.1) is 29.6 Å². The Morgan fingerprint density at radius 1 is 1.32 bits per heavy atom. The SMILES string of the molecule is CCC(C)CN(C)C(=O)C1C2C=CC(C2)C1C(=O)O. The fourth-order valence-electron chi connectivity index (χ4n) is 3.44. The third-order valence-corrected chi connectivity index (χ3v) is 4.69. The van der Waals surface area contributed by atoms with E-state index in [1.54, 1.807) is 11.9 Å². The van der Waals surface area contributed by atoms with Gasteiger partial charge in [0.15, 0.2) is 0 Å². The largest absolute Gasteiger partial charge is 0.481 e. The number of carboxylic acid groups (broad SMARTS) is 1. The molecule has 2 aliphatic carbocycles. The van der Waals surface area contributed by atoms with Crippen molar-refractivity contribution in [2.24, 2.45) is 29.6 Å². The number of carbonyl (C=O) groups is 2. The number of carboxylic acids is 1. The third-order valence-electron chi connectivity index (χ3n) is 4.69. The first-order chi connectivity index (χ1) is 8.95. The highest BCUT2D eigenvalue weighted by Gasteiger charge is 2.52. The molecular weight excluding hydrogens is 242 g/mol. The molecule has 0 spiro atoms. The van der Waals surface area contributed by atoms with Crippen molar-refractivity contribution in [1.82, 2.24) is 4.90 Å². The average molecular weight is 265 g/mol. The Balaban J connectivity index is 2.09. The molecule has 0 radical (unpaired) electrons. The van der Waals surface area contributed by atoms with Gasteiger partial charge in [0.25, 0.3) is 0 Å². The second-order valence-corrected chi connectivity index (χ2v) is 6.07. The molecule has 2 bridgehead atoms. The molecule has 1 saturated carbocycles. The molecule has 4 nitrogen and oxygen atoms in total. The van der Waals surface area contributed by atoms with Gasteiger partial charge in [-0.05, 0) is 24.2 Å². The van der Waals surface area contributed by atoms with E-state index in [0.717, 1.165) is 12.8 Å². The van der Waals surface area contributed by atoms with Crippen molar-refractivity contribution in [3.05, 3.63) is 12.2 Å². The van der Waals surface area contributed by atoms with Gasteiger partial charge in [0.1, 0.15) is 0 Å². The highest BCUT2D eigenvalue weighted by Crippen LogP contribution is 2.48. The summed E-state index contributed by atoms with van der Waals surface area (Å²) in [5.41, 5.74) is 0. The number of fused-ring (bicyclic) bond motifs is 2. The zero-order chi connectivity index (χ0) is 14.2. The fourth-order valence-corrected chi connectivity index (χ4v) is 3.44. The predicted molar refractivity (Wildman–Crippen MR) is 72.4 cm³/mol. The number of hydrogen-bond acceptors (Lipinski definition) is 2. The molecule has 0 aromatic carbocycles. The first-order valence-corrected chi connectivity index (χ1v) is 7.11. The average Bonchev–Trinajstić information content (AvgIpc) is 2.97. The first-order valence-electron chi connectivity index (χ1n) is 7.11. The zero-order valence-corrected chi connectivity index (χ0v) is 11.9. The van der Waals surface area contributed by atoms with Gasteiger partial charge in [0.2, 0.25) is 5.91 Å². The van der Waals surface area contributed by atoms with Crippen molar-refractivity contribution in [2.45, 2.75) is 26.7 Å². The molecule has 1 amide bonds. The van der Waals surface area contributed by atoms with Crippen molar-refractivity contribution in [2.75, 3.05) is 13.6 Å². The Kier molecular flexibility index (Phi) is 3.97. The van der Waals surface area contributed by atoms with Crippen LogP contribution >= 0.6 is 0 Å². The first kappa shape index (κ1) is 14.1. The van der Waals surface area contributed by atoms with E-state index >= 15 is 0 Å². The molecule has 2 aliphatic rings. The summed E-state index contributed by atoms with van der Waals surface area (Å²) in [6.07, 6.45) is 5.85. The predicted octanol–water partition coefficient (Wildman–Crippen LogP) is 2.01. The molecule has 106 valence electrons. The summed E-state index contributed by atoms with van der Waals surface area (Å²) < 4.78 is 0. The number of nitrogens with zero attached hydrogens (tertiary/aromatic N) is 1. The van der Waals surface area contributed by atoms with Crippen LogP contribution in [-0.4, -0.2) is 35.5 Å². The molecular formula is C15H23NO3. The second kappa shape index (κ2) is 5.35. The van der Waals surface area contributed by atoms with Gasteiger partial charge in [0.05, 0.1) is 11.8 Å². The number of aliphatic carboxylic acids is 1. The van der Waals surface area contributed by atoms with Crippen LogP contribution < -0.4 is 0 Å². The van der Waals surface area contributed by atoms with Crippen LogP contribution in [0.3, 0.4) is 0 Å². The number of allylic oxidation sites excluding steroid dienone is 2. The van der Waals surface area contributed by atoms with Crippen LogP contribution in [0.2, 0.25) is 0 Å². The van der Waals surface area contributed by atoms with Crippen molar-refractivity contribution in [3.8, 4) is 0 Å². The van der Waals surface area contributed by atoms with E-state index in [1.807, 2.05) is 12.2 Å². The van der Waals surface area contributed by atoms with Gasteiger partial charge in [-0.1, -0.05) is 32.4 Å². The van der Waals surface area contributed by atoms with Gasteiger partial charge < -0.3 is 10.0 Å². The van der Waals surface area contributed by atoms with Crippen LogP contribution in [0.4, 0.5) is 0 Å². The van der Waals surface area contributed by atoms with E-state index < -0.39 is 11.9 Å². The minimum atomic E-state index is -0.827. The lowest BCUT2D eigenvalue weighted by Crippen LogP contribution is -2.42. The van der Waals surface area contributed by atoms with E-state index in [4.69, 9.17) is 0 Å². The maximum Gasteiger partial charge on any atom is 0.307 e. The van der Waals surface area contributed by atoms with Crippen LogP contribution in [0.5, 0.6) is 0 Å². The van der Waals surface area contributed by atoms with Gasteiger partial charge in [-0.3, -0.25) is 9.59 Å². The molecule has 1 fully saturated rings. The maximum atomic E-state index is 12.5. The van der Waals surface area contributed by atoms with E-state index in [1.165, 1.54) is 0 Å². The summed E-state index contributed by atoms with van der Waals surface area (Å²) in [4.78, 5) is 25.7. The van der Waals surface area contributed by atoms with E-state index in [-0.39, 0.29) is 23.7 Å². The van der Waals surface area contributed by atoms with Crippen molar-refractivity contribution < 1.29 is 14.7 Å². The minimum Gasteiger partial charge on any atom is -0.481 e. The summed E-state index contributed by atoms with van der Waals surface area (Å²) in [6.45, 7) is 4.92. The molecule has 0 heterocycles. The number of rotatable bonds is 5. The zero-order valence-electron chi connectivity index (χ0n) is 11.9. The molecule has 5 atom stereocenters. The second-order valence-electron chi connectivity index (χ2n) is 6.07. The summed E-state index contributed by atoms with van der Waals surface area (Å²) in [5, 5.41) is 9.36. The highest BCUT2D eigenvalue weighted by atomic mass is 16.4. The van der Waals surface area contributed by atoms with Crippen molar-refractivity contribution in [3.63, 3.8) is 0 Å². The summed E-state index contributed by atoms with van der Waals surface area (Å²) in [5.74, 6) is -1.09. The Morgan fingerprint density at radius 3 is 2.42 bits per heavy atom. The van der Waals surface area contributed by atoms with Crippen LogP contribution in [0.1, 0.15) is 26.7 Å². The van der Waals surface area contributed by atoms with Gasteiger partial charge >= 0.3 is 5.97 Å². The standard InChI is InChI=1S/C15H23NO3/c1-4-9(2)8-16(3)14(17)12-10-5-6-11(7-10)13(12)15(18)19/h5-6,9-13H,4,7-8H2,1-3H3,(H,18,19). The van der Waals surface area contributed by atoms with Gasteiger partial charge in [0, 0.05) is 13.6 Å². The number of amides is 1. The normalized spacial score (nSPS) is 33.4. The van der Waals surface area contributed by atoms with Crippen molar-refractivity contribution in [1.29, 1.82) is 0 Å². The molecule has 0 aromatic rings. The van der Waals surface area contributed by atoms with Crippen LogP contribution in [0.25, 0.3) is 0 Å². The Bertz CT molecular complexity index is 404. The highest BCUT2D eigenvalue weighted by molar-refractivity contribution is 5.86. The maximum absolute atomic E-state index is 12.5. The summed E-state index contributed by atoms with van der Waals surface area (Å²) in [6, 6.07) is 0. The lowest BCUT2D eigenvalue weighted by Gasteiger charge is -2.29. The lowest BCUT2D eigenvalue weighted by molar-refractivity contribution is -0.150. The number of hydrogen-bond donors (Lipinski definition) is 1. The molecule has 2 rings (SSSR count). The Morgan fingerprint density at radius 2 is 1.89 bits per heavy atom. The fraction of sp³-hybridized carbons (Fsp3) is 0.733. The molecule has 1 N–H and O–H groups in total. The molecule has 4 heteroatoms.